The molecule has 0 aliphatic rings. The second-order valence-electron chi connectivity index (χ2n) is 2.28. The number of benzene rings is 1. The van der Waals surface area contributed by atoms with Crippen molar-refractivity contribution in [1.82, 2.24) is 0 Å². The molecule has 1 rings (SSSR count). The number of halogens is 1. The van der Waals surface area contributed by atoms with Crippen LogP contribution in [0.4, 0.5) is 4.39 Å². The fourth-order valence-corrected chi connectivity index (χ4v) is 0.835. The van der Waals surface area contributed by atoms with Crippen LogP contribution in [0.15, 0.2) is 18.2 Å². The van der Waals surface area contributed by atoms with Gasteiger partial charge in [0.25, 0.3) is 0 Å². The topological polar surface area (TPSA) is 57.5 Å². The van der Waals surface area contributed by atoms with E-state index in [0.717, 1.165) is 12.1 Å². The van der Waals surface area contributed by atoms with Crippen molar-refractivity contribution in [3.63, 3.8) is 0 Å². The molecule has 4 heteroatoms. The van der Waals surface area contributed by atoms with E-state index < -0.39 is 17.3 Å². The Kier molecular flexibility index (Phi) is 2.40. The summed E-state index contributed by atoms with van der Waals surface area (Å²) >= 11 is 0. The van der Waals surface area contributed by atoms with E-state index in [0.29, 0.717) is 5.56 Å². The van der Waals surface area contributed by atoms with E-state index in [2.05, 4.69) is 0 Å². The van der Waals surface area contributed by atoms with Gasteiger partial charge in [-0.2, -0.15) is 0 Å². The SMILES string of the molecule is O=C(O)c1cc(CO)ccc1F. The summed E-state index contributed by atoms with van der Waals surface area (Å²) in [6.45, 7) is -0.291. The Hall–Kier alpha value is -1.42. The molecular formula is C8H7FO3. The van der Waals surface area contributed by atoms with Gasteiger partial charge in [0.05, 0.1) is 12.2 Å². The molecule has 0 atom stereocenters. The summed E-state index contributed by atoms with van der Waals surface area (Å²) in [6.07, 6.45) is 0. The molecule has 0 aromatic heterocycles. The number of carbonyl (C=O) groups is 1. The third kappa shape index (κ3) is 1.60. The monoisotopic (exact) mass is 170 g/mol. The number of aromatic carboxylic acids is 1. The summed E-state index contributed by atoms with van der Waals surface area (Å²) in [5.41, 5.74) is -0.0321. The van der Waals surface area contributed by atoms with E-state index in [1.807, 2.05) is 0 Å². The lowest BCUT2D eigenvalue weighted by Crippen LogP contribution is -2.01. The Morgan fingerprint density at radius 1 is 1.50 bits per heavy atom. The first-order valence-electron chi connectivity index (χ1n) is 3.27. The zero-order valence-corrected chi connectivity index (χ0v) is 6.12. The molecular weight excluding hydrogens is 163 g/mol. The zero-order valence-electron chi connectivity index (χ0n) is 6.12. The first-order chi connectivity index (χ1) is 5.65. The Labute approximate surface area is 68.1 Å². The van der Waals surface area contributed by atoms with Gasteiger partial charge in [0.1, 0.15) is 5.82 Å². The molecule has 0 spiro atoms. The third-order valence-electron chi connectivity index (χ3n) is 1.44. The second-order valence-corrected chi connectivity index (χ2v) is 2.28. The minimum absolute atomic E-state index is 0.291. The summed E-state index contributed by atoms with van der Waals surface area (Å²) in [4.78, 5) is 10.4. The van der Waals surface area contributed by atoms with Gasteiger partial charge in [-0.25, -0.2) is 9.18 Å². The first-order valence-corrected chi connectivity index (χ1v) is 3.27. The maximum absolute atomic E-state index is 12.7. The number of rotatable bonds is 2. The van der Waals surface area contributed by atoms with E-state index >= 15 is 0 Å². The summed E-state index contributed by atoms with van der Waals surface area (Å²) < 4.78 is 12.7. The predicted octanol–water partition coefficient (Wildman–Crippen LogP) is 1.02. The van der Waals surface area contributed by atoms with E-state index in [4.69, 9.17) is 10.2 Å². The van der Waals surface area contributed by atoms with Crippen LogP contribution >= 0.6 is 0 Å². The van der Waals surface area contributed by atoms with Crippen molar-refractivity contribution in [3.8, 4) is 0 Å². The quantitative estimate of drug-likeness (QED) is 0.696. The van der Waals surface area contributed by atoms with Gasteiger partial charge in [-0.05, 0) is 17.7 Å². The van der Waals surface area contributed by atoms with Crippen molar-refractivity contribution in [3.05, 3.63) is 35.1 Å². The molecule has 0 bridgehead atoms. The van der Waals surface area contributed by atoms with Gasteiger partial charge in [-0.3, -0.25) is 0 Å². The van der Waals surface area contributed by atoms with E-state index in [1.165, 1.54) is 6.07 Å². The molecule has 0 aliphatic carbocycles. The van der Waals surface area contributed by atoms with Gasteiger partial charge in [0.2, 0.25) is 0 Å². The zero-order chi connectivity index (χ0) is 9.14. The Balaban J connectivity index is 3.17. The molecule has 0 unspecified atom stereocenters. The van der Waals surface area contributed by atoms with Crippen LogP contribution in [0.1, 0.15) is 15.9 Å². The third-order valence-corrected chi connectivity index (χ3v) is 1.44. The summed E-state index contributed by atoms with van der Waals surface area (Å²) in [5.74, 6) is -2.12. The van der Waals surface area contributed by atoms with Crippen molar-refractivity contribution >= 4 is 5.97 Å². The maximum Gasteiger partial charge on any atom is 0.338 e. The van der Waals surface area contributed by atoms with Crippen LogP contribution in [0.25, 0.3) is 0 Å². The lowest BCUT2D eigenvalue weighted by Gasteiger charge is -1.99. The van der Waals surface area contributed by atoms with Gasteiger partial charge in [0.15, 0.2) is 0 Å². The van der Waals surface area contributed by atoms with Crippen LogP contribution < -0.4 is 0 Å². The van der Waals surface area contributed by atoms with Crippen molar-refractivity contribution in [2.24, 2.45) is 0 Å². The fraction of sp³-hybridized carbons (Fsp3) is 0.125. The molecule has 1 aromatic carbocycles. The average molecular weight is 170 g/mol. The average Bonchev–Trinajstić information content (AvgIpc) is 2.05. The Bertz CT molecular complexity index is 309. The number of carboxylic acids is 1. The second kappa shape index (κ2) is 3.32. The van der Waals surface area contributed by atoms with Gasteiger partial charge in [-0.15, -0.1) is 0 Å². The van der Waals surface area contributed by atoms with Crippen molar-refractivity contribution in [1.29, 1.82) is 0 Å². The minimum atomic E-state index is -1.33. The highest BCUT2D eigenvalue weighted by molar-refractivity contribution is 5.88. The highest BCUT2D eigenvalue weighted by atomic mass is 19.1. The highest BCUT2D eigenvalue weighted by Crippen LogP contribution is 2.10. The summed E-state index contributed by atoms with van der Waals surface area (Å²) in [5, 5.41) is 17.1. The molecule has 0 saturated heterocycles. The number of hydrogen-bond acceptors (Lipinski definition) is 2. The standard InChI is InChI=1S/C8H7FO3/c9-7-2-1-5(4-10)3-6(7)8(11)12/h1-3,10H,4H2,(H,11,12). The maximum atomic E-state index is 12.7. The molecule has 64 valence electrons. The Morgan fingerprint density at radius 2 is 2.17 bits per heavy atom. The van der Waals surface area contributed by atoms with Crippen LogP contribution in [0.2, 0.25) is 0 Å². The van der Waals surface area contributed by atoms with Crippen LogP contribution in [-0.4, -0.2) is 16.2 Å². The normalized spacial score (nSPS) is 9.83. The van der Waals surface area contributed by atoms with Crippen molar-refractivity contribution in [2.45, 2.75) is 6.61 Å². The minimum Gasteiger partial charge on any atom is -0.478 e. The van der Waals surface area contributed by atoms with Gasteiger partial charge < -0.3 is 10.2 Å². The number of carboxylic acid groups (broad SMARTS) is 1. The molecule has 0 radical (unpaired) electrons. The fourth-order valence-electron chi connectivity index (χ4n) is 0.835. The molecule has 0 fully saturated rings. The molecule has 0 amide bonds. The molecule has 12 heavy (non-hydrogen) atoms. The van der Waals surface area contributed by atoms with Crippen molar-refractivity contribution in [2.75, 3.05) is 0 Å². The lowest BCUT2D eigenvalue weighted by atomic mass is 10.1. The first kappa shape index (κ1) is 8.67. The molecule has 0 aliphatic heterocycles. The highest BCUT2D eigenvalue weighted by Gasteiger charge is 2.09. The van der Waals surface area contributed by atoms with Crippen LogP contribution in [0, 0.1) is 5.82 Å². The largest absolute Gasteiger partial charge is 0.478 e. The van der Waals surface area contributed by atoms with E-state index in [-0.39, 0.29) is 6.61 Å². The van der Waals surface area contributed by atoms with E-state index in [1.54, 1.807) is 0 Å². The van der Waals surface area contributed by atoms with Crippen LogP contribution in [0.5, 0.6) is 0 Å². The Morgan fingerprint density at radius 3 is 2.67 bits per heavy atom. The molecule has 0 saturated carbocycles. The van der Waals surface area contributed by atoms with Gasteiger partial charge in [-0.1, -0.05) is 6.07 Å². The molecule has 1 aromatic rings. The van der Waals surface area contributed by atoms with Crippen molar-refractivity contribution < 1.29 is 19.4 Å². The predicted molar refractivity (Wildman–Crippen MR) is 39.3 cm³/mol. The summed E-state index contributed by atoms with van der Waals surface area (Å²) in [7, 11) is 0. The summed E-state index contributed by atoms with van der Waals surface area (Å²) in [6, 6.07) is 3.47. The number of hydrogen-bond donors (Lipinski definition) is 2. The van der Waals surface area contributed by atoms with Crippen LogP contribution in [0.3, 0.4) is 0 Å². The smallest absolute Gasteiger partial charge is 0.338 e. The van der Waals surface area contributed by atoms with E-state index in [9.17, 15) is 9.18 Å². The van der Waals surface area contributed by atoms with Gasteiger partial charge >= 0.3 is 5.97 Å². The molecule has 3 nitrogen and oxygen atoms in total. The number of aliphatic hydroxyl groups is 1. The van der Waals surface area contributed by atoms with Gasteiger partial charge in [0, 0.05) is 0 Å². The van der Waals surface area contributed by atoms with Crippen LogP contribution in [-0.2, 0) is 6.61 Å². The number of aliphatic hydroxyl groups excluding tert-OH is 1. The molecule has 0 heterocycles. The molecule has 2 N–H and O–H groups in total. The lowest BCUT2D eigenvalue weighted by molar-refractivity contribution is 0.0691.